The molecule has 0 aliphatic heterocycles. The lowest BCUT2D eigenvalue weighted by atomic mass is 10.1. The fraction of sp³-hybridized carbons (Fsp3) is 0.364. The lowest BCUT2D eigenvalue weighted by molar-refractivity contribution is -0.120. The summed E-state index contributed by atoms with van der Waals surface area (Å²) in [6.45, 7) is 3.18. The summed E-state index contributed by atoms with van der Waals surface area (Å²) in [5, 5.41) is 4.94. The Morgan fingerprint density at radius 1 is 1.10 bits per heavy atom. The first-order valence-electron chi connectivity index (χ1n) is 9.75. The fourth-order valence-corrected chi connectivity index (χ4v) is 3.00. The standard InChI is InChI=1S/C22H27F2N3O4/c1-5-30-19-11-16(7-9-18(19)31-21(23)24)12-27(4)13-20(28)26-22(29)25-17-8-6-14(2)10-15(17)3/h6-11,21H,5,12-13H2,1-4H3,(H2,25,26,28,29). The van der Waals surface area contributed by atoms with Crippen LogP contribution in [0.2, 0.25) is 0 Å². The van der Waals surface area contributed by atoms with E-state index in [2.05, 4.69) is 15.4 Å². The number of nitrogens with one attached hydrogen (secondary N) is 2. The number of amides is 3. The van der Waals surface area contributed by atoms with Crippen molar-refractivity contribution in [2.24, 2.45) is 0 Å². The number of nitrogens with zero attached hydrogens (tertiary/aromatic N) is 1. The van der Waals surface area contributed by atoms with Crippen molar-refractivity contribution in [2.75, 3.05) is 25.5 Å². The number of likely N-dealkylation sites (N-methyl/N-ethyl adjacent to an activating group) is 1. The van der Waals surface area contributed by atoms with Gasteiger partial charge in [0, 0.05) is 12.2 Å². The molecule has 0 heterocycles. The van der Waals surface area contributed by atoms with Crippen molar-refractivity contribution in [3.8, 4) is 11.5 Å². The van der Waals surface area contributed by atoms with Gasteiger partial charge in [0.2, 0.25) is 5.91 Å². The summed E-state index contributed by atoms with van der Waals surface area (Å²) in [6.07, 6.45) is 0. The maximum absolute atomic E-state index is 12.5. The highest BCUT2D eigenvalue weighted by molar-refractivity contribution is 6.02. The zero-order chi connectivity index (χ0) is 23.0. The third-order valence-electron chi connectivity index (χ3n) is 4.27. The Kier molecular flexibility index (Phi) is 8.75. The van der Waals surface area contributed by atoms with Crippen LogP contribution in [-0.4, -0.2) is 43.6 Å². The molecule has 0 unspecified atom stereocenters. The molecule has 0 aliphatic rings. The van der Waals surface area contributed by atoms with Crippen LogP contribution in [0, 0.1) is 13.8 Å². The highest BCUT2D eigenvalue weighted by atomic mass is 19.3. The number of hydrogen-bond donors (Lipinski definition) is 2. The van der Waals surface area contributed by atoms with Crippen molar-refractivity contribution in [1.29, 1.82) is 0 Å². The van der Waals surface area contributed by atoms with Gasteiger partial charge in [-0.25, -0.2) is 4.79 Å². The summed E-state index contributed by atoms with van der Waals surface area (Å²) in [4.78, 5) is 26.0. The molecule has 2 aromatic rings. The molecule has 2 aromatic carbocycles. The topological polar surface area (TPSA) is 79.9 Å². The normalized spacial score (nSPS) is 10.8. The molecule has 2 N–H and O–H groups in total. The predicted octanol–water partition coefficient (Wildman–Crippen LogP) is 4.08. The number of halogens is 2. The number of hydrogen-bond acceptors (Lipinski definition) is 5. The zero-order valence-electron chi connectivity index (χ0n) is 18.0. The van der Waals surface area contributed by atoms with Crippen LogP contribution in [0.4, 0.5) is 19.3 Å². The predicted molar refractivity (Wildman–Crippen MR) is 114 cm³/mol. The number of imide groups is 1. The molecule has 2 rings (SSSR count). The highest BCUT2D eigenvalue weighted by Crippen LogP contribution is 2.30. The first-order chi connectivity index (χ1) is 14.7. The van der Waals surface area contributed by atoms with Crippen LogP contribution in [0.15, 0.2) is 36.4 Å². The molecule has 0 aromatic heterocycles. The van der Waals surface area contributed by atoms with E-state index in [1.807, 2.05) is 26.0 Å². The minimum absolute atomic E-state index is 0.0421. The maximum Gasteiger partial charge on any atom is 0.387 e. The summed E-state index contributed by atoms with van der Waals surface area (Å²) in [5.74, 6) is -0.331. The van der Waals surface area contributed by atoms with E-state index in [1.54, 1.807) is 37.1 Å². The first kappa shape index (κ1) is 24.1. The Balaban J connectivity index is 1.91. The molecule has 31 heavy (non-hydrogen) atoms. The summed E-state index contributed by atoms with van der Waals surface area (Å²) in [7, 11) is 1.70. The number of rotatable bonds is 9. The van der Waals surface area contributed by atoms with E-state index < -0.39 is 18.5 Å². The molecule has 0 radical (unpaired) electrons. The van der Waals surface area contributed by atoms with E-state index >= 15 is 0 Å². The summed E-state index contributed by atoms with van der Waals surface area (Å²) >= 11 is 0. The number of carbonyl (C=O) groups excluding carboxylic acids is 2. The van der Waals surface area contributed by atoms with Crippen LogP contribution in [0.1, 0.15) is 23.6 Å². The second kappa shape index (κ2) is 11.3. The molecular formula is C22H27F2N3O4. The van der Waals surface area contributed by atoms with Gasteiger partial charge in [-0.2, -0.15) is 8.78 Å². The van der Waals surface area contributed by atoms with Gasteiger partial charge in [-0.15, -0.1) is 0 Å². The lowest BCUT2D eigenvalue weighted by Gasteiger charge is -2.18. The van der Waals surface area contributed by atoms with E-state index in [0.29, 0.717) is 12.2 Å². The number of ether oxygens (including phenoxy) is 2. The Labute approximate surface area is 180 Å². The molecule has 7 nitrogen and oxygen atoms in total. The van der Waals surface area contributed by atoms with Crippen LogP contribution < -0.4 is 20.1 Å². The van der Waals surface area contributed by atoms with E-state index in [9.17, 15) is 18.4 Å². The number of anilines is 1. The van der Waals surface area contributed by atoms with E-state index in [1.165, 1.54) is 6.07 Å². The average molecular weight is 435 g/mol. The van der Waals surface area contributed by atoms with Gasteiger partial charge in [-0.05, 0) is 57.1 Å². The largest absolute Gasteiger partial charge is 0.490 e. The van der Waals surface area contributed by atoms with Crippen molar-refractivity contribution in [3.05, 3.63) is 53.1 Å². The Hall–Kier alpha value is -3.20. The quantitative estimate of drug-likeness (QED) is 0.620. The second-order valence-corrected chi connectivity index (χ2v) is 7.09. The van der Waals surface area contributed by atoms with Crippen LogP contribution in [-0.2, 0) is 11.3 Å². The highest BCUT2D eigenvalue weighted by Gasteiger charge is 2.15. The van der Waals surface area contributed by atoms with Gasteiger partial charge < -0.3 is 14.8 Å². The number of urea groups is 1. The van der Waals surface area contributed by atoms with Gasteiger partial charge in [0.05, 0.1) is 13.2 Å². The second-order valence-electron chi connectivity index (χ2n) is 7.09. The van der Waals surface area contributed by atoms with Crippen LogP contribution in [0.3, 0.4) is 0 Å². The van der Waals surface area contributed by atoms with Crippen LogP contribution in [0.5, 0.6) is 11.5 Å². The SMILES string of the molecule is CCOc1cc(CN(C)CC(=O)NC(=O)Nc2ccc(C)cc2C)ccc1OC(F)F. The average Bonchev–Trinajstić information content (AvgIpc) is 2.65. The lowest BCUT2D eigenvalue weighted by Crippen LogP contribution is -2.40. The maximum atomic E-state index is 12.5. The van der Waals surface area contributed by atoms with Gasteiger partial charge >= 0.3 is 12.6 Å². The monoisotopic (exact) mass is 435 g/mol. The van der Waals surface area contributed by atoms with Gasteiger partial charge in [-0.3, -0.25) is 15.0 Å². The first-order valence-corrected chi connectivity index (χ1v) is 9.75. The zero-order valence-corrected chi connectivity index (χ0v) is 18.0. The Bertz CT molecular complexity index is 922. The fourth-order valence-electron chi connectivity index (χ4n) is 3.00. The van der Waals surface area contributed by atoms with E-state index in [0.717, 1.165) is 16.7 Å². The molecule has 0 spiro atoms. The van der Waals surface area contributed by atoms with Gasteiger partial charge in [-0.1, -0.05) is 23.8 Å². The molecule has 9 heteroatoms. The summed E-state index contributed by atoms with van der Waals surface area (Å²) < 4.78 is 34.8. The van der Waals surface area contributed by atoms with Gasteiger partial charge in [0.1, 0.15) is 0 Å². The molecule has 0 fully saturated rings. The molecule has 3 amide bonds. The number of aryl methyl sites for hydroxylation is 2. The molecule has 0 saturated carbocycles. The van der Waals surface area contributed by atoms with Crippen LogP contribution >= 0.6 is 0 Å². The van der Waals surface area contributed by atoms with Crippen molar-refractivity contribution in [3.63, 3.8) is 0 Å². The summed E-state index contributed by atoms with van der Waals surface area (Å²) in [5.41, 5.74) is 3.32. The van der Waals surface area contributed by atoms with Crippen molar-refractivity contribution in [1.82, 2.24) is 10.2 Å². The van der Waals surface area contributed by atoms with Crippen molar-refractivity contribution >= 4 is 17.6 Å². The van der Waals surface area contributed by atoms with Crippen molar-refractivity contribution in [2.45, 2.75) is 33.9 Å². The minimum atomic E-state index is -2.95. The Morgan fingerprint density at radius 2 is 1.84 bits per heavy atom. The molecule has 0 bridgehead atoms. The van der Waals surface area contributed by atoms with Crippen LogP contribution in [0.25, 0.3) is 0 Å². The minimum Gasteiger partial charge on any atom is -0.490 e. The molecular weight excluding hydrogens is 408 g/mol. The van der Waals surface area contributed by atoms with Gasteiger partial charge in [0.15, 0.2) is 11.5 Å². The third-order valence-corrected chi connectivity index (χ3v) is 4.27. The smallest absolute Gasteiger partial charge is 0.387 e. The van der Waals surface area contributed by atoms with Gasteiger partial charge in [0.25, 0.3) is 0 Å². The molecule has 0 saturated heterocycles. The number of alkyl halides is 2. The molecule has 168 valence electrons. The summed E-state index contributed by atoms with van der Waals surface area (Å²) in [6, 6.07) is 9.56. The van der Waals surface area contributed by atoms with E-state index in [4.69, 9.17) is 4.74 Å². The molecule has 0 aliphatic carbocycles. The third kappa shape index (κ3) is 7.86. The molecule has 0 atom stereocenters. The Morgan fingerprint density at radius 3 is 2.48 bits per heavy atom. The number of benzene rings is 2. The van der Waals surface area contributed by atoms with Crippen molar-refractivity contribution < 1.29 is 27.8 Å². The van der Waals surface area contributed by atoms with E-state index in [-0.39, 0.29) is 24.7 Å². The number of carbonyl (C=O) groups is 2.